The van der Waals surface area contributed by atoms with E-state index in [1.165, 1.54) is 12.3 Å². The van der Waals surface area contributed by atoms with Crippen LogP contribution in [-0.2, 0) is 11.2 Å². The Morgan fingerprint density at radius 3 is 2.20 bits per heavy atom. The Labute approximate surface area is 233 Å². The van der Waals surface area contributed by atoms with Crippen LogP contribution < -0.4 is 19.7 Å². The minimum absolute atomic E-state index is 0.0998. The number of carboxylic acid groups (broad SMARTS) is 1. The highest BCUT2D eigenvalue weighted by Gasteiger charge is 2.23. The quantitative estimate of drug-likeness (QED) is 0.240. The Kier molecular flexibility index (Phi) is 8.83. The molecule has 8 nitrogen and oxygen atoms in total. The maximum Gasteiger partial charge on any atom is 0.326 e. The number of hydrogen-bond acceptors (Lipinski definition) is 7. The van der Waals surface area contributed by atoms with Crippen LogP contribution in [0.4, 0.5) is 16.2 Å². The molecule has 0 aliphatic rings. The van der Waals surface area contributed by atoms with Crippen LogP contribution in [0.2, 0.25) is 0 Å². The topological polar surface area (TPSA) is 96.8 Å². The molecule has 0 unspecified atom stereocenters. The third-order valence-electron chi connectivity index (χ3n) is 6.75. The van der Waals surface area contributed by atoms with Gasteiger partial charge < -0.3 is 24.8 Å². The predicted octanol–water partition coefficient (Wildman–Crippen LogP) is 5.92. The number of hydrogen-bond donors (Lipinski definition) is 2. The van der Waals surface area contributed by atoms with Crippen LogP contribution in [0.25, 0.3) is 22.3 Å². The minimum atomic E-state index is -1.06. The average molecular weight is 545 g/mol. The fraction of sp³-hybridized carbons (Fsp3) is 0.258. The van der Waals surface area contributed by atoms with Gasteiger partial charge in [-0.2, -0.15) is 4.98 Å². The second kappa shape index (κ2) is 12.5. The number of carbonyl (C=O) groups is 1. The van der Waals surface area contributed by atoms with E-state index >= 15 is 0 Å². The van der Waals surface area contributed by atoms with Crippen LogP contribution in [0.15, 0.2) is 72.9 Å². The molecule has 40 heavy (non-hydrogen) atoms. The smallest absolute Gasteiger partial charge is 0.326 e. The molecule has 1 aromatic heterocycles. The van der Waals surface area contributed by atoms with Crippen molar-refractivity contribution in [1.82, 2.24) is 9.97 Å². The molecule has 9 heteroatoms. The van der Waals surface area contributed by atoms with Crippen LogP contribution in [0, 0.1) is 5.82 Å². The van der Waals surface area contributed by atoms with Crippen LogP contribution in [0.3, 0.4) is 0 Å². The van der Waals surface area contributed by atoms with Crippen molar-refractivity contribution in [3.63, 3.8) is 0 Å². The van der Waals surface area contributed by atoms with E-state index in [2.05, 4.69) is 15.3 Å². The van der Waals surface area contributed by atoms with Crippen LogP contribution in [0.5, 0.6) is 11.5 Å². The van der Waals surface area contributed by atoms with Crippen molar-refractivity contribution in [3.8, 4) is 33.8 Å². The fourth-order valence-electron chi connectivity index (χ4n) is 4.30. The summed E-state index contributed by atoms with van der Waals surface area (Å²) in [5.74, 6) is 0.468. The number of rotatable bonds is 11. The number of ether oxygens (including phenoxy) is 2. The lowest BCUT2D eigenvalue weighted by molar-refractivity contribution is -0.137. The third kappa shape index (κ3) is 6.14. The van der Waals surface area contributed by atoms with E-state index in [-0.39, 0.29) is 23.8 Å². The molecule has 0 saturated heterocycles. The Balaban J connectivity index is 1.66. The molecule has 3 aromatic carbocycles. The van der Waals surface area contributed by atoms with E-state index < -0.39 is 17.8 Å². The number of nitrogens with zero attached hydrogens (tertiary/aromatic N) is 3. The predicted molar refractivity (Wildman–Crippen MR) is 155 cm³/mol. The second-order valence-electron chi connectivity index (χ2n) is 9.59. The number of methoxy groups -OCH3 is 2. The van der Waals surface area contributed by atoms with Gasteiger partial charge in [0.2, 0.25) is 5.95 Å². The van der Waals surface area contributed by atoms with Gasteiger partial charge in [0.1, 0.15) is 29.2 Å². The molecule has 0 bridgehead atoms. The monoisotopic (exact) mass is 544 g/mol. The lowest BCUT2D eigenvalue weighted by Gasteiger charge is -2.24. The molecule has 0 aliphatic heterocycles. The molecule has 4 rings (SSSR count). The standard InChI is InChI=1S/C31H33FN4O4/c1-19(2)36(3)31-33-18-23(22-9-6-7-10-24(22)32)29(35-31)34-25(30(37)38)17-20-13-15-21(16-14-20)28-26(39-4)11-8-12-27(28)40-5/h6-16,18-19,25H,17H2,1-5H3,(H,37,38)(H,33,34,35)/t25-/m0/s1. The minimum Gasteiger partial charge on any atom is -0.496 e. The average Bonchev–Trinajstić information content (AvgIpc) is 2.96. The van der Waals surface area contributed by atoms with Gasteiger partial charge in [0.25, 0.3) is 0 Å². The van der Waals surface area contributed by atoms with Gasteiger partial charge in [-0.15, -0.1) is 0 Å². The van der Waals surface area contributed by atoms with Crippen molar-refractivity contribution in [1.29, 1.82) is 0 Å². The largest absolute Gasteiger partial charge is 0.496 e. The van der Waals surface area contributed by atoms with E-state index in [4.69, 9.17) is 9.47 Å². The van der Waals surface area contributed by atoms with Gasteiger partial charge in [0.15, 0.2) is 0 Å². The van der Waals surface area contributed by atoms with E-state index in [9.17, 15) is 14.3 Å². The molecule has 0 saturated carbocycles. The number of nitrogens with one attached hydrogen (secondary N) is 1. The highest BCUT2D eigenvalue weighted by molar-refractivity contribution is 5.82. The van der Waals surface area contributed by atoms with Gasteiger partial charge in [-0.25, -0.2) is 14.2 Å². The van der Waals surface area contributed by atoms with Gasteiger partial charge in [-0.3, -0.25) is 0 Å². The van der Waals surface area contributed by atoms with Gasteiger partial charge >= 0.3 is 5.97 Å². The van der Waals surface area contributed by atoms with Crippen LogP contribution in [-0.4, -0.2) is 54.4 Å². The van der Waals surface area contributed by atoms with E-state index in [0.717, 1.165) is 16.7 Å². The van der Waals surface area contributed by atoms with E-state index in [1.807, 2.05) is 68.3 Å². The van der Waals surface area contributed by atoms with Crippen molar-refractivity contribution in [2.45, 2.75) is 32.4 Å². The SMILES string of the molecule is COc1cccc(OC)c1-c1ccc(C[C@H](Nc2nc(N(C)C(C)C)ncc2-c2ccccc2F)C(=O)O)cc1. The molecule has 1 heterocycles. The van der Waals surface area contributed by atoms with Gasteiger partial charge in [0, 0.05) is 36.8 Å². The first-order valence-electron chi connectivity index (χ1n) is 12.9. The van der Waals surface area contributed by atoms with Crippen molar-refractivity contribution >= 4 is 17.7 Å². The first kappa shape index (κ1) is 28.4. The fourth-order valence-corrected chi connectivity index (χ4v) is 4.30. The molecule has 0 amide bonds. The molecule has 1 atom stereocenters. The molecule has 208 valence electrons. The molecule has 2 N–H and O–H groups in total. The maximum atomic E-state index is 14.7. The highest BCUT2D eigenvalue weighted by atomic mass is 19.1. The van der Waals surface area contributed by atoms with Crippen molar-refractivity contribution < 1.29 is 23.8 Å². The number of halogens is 1. The Morgan fingerprint density at radius 1 is 0.975 bits per heavy atom. The van der Waals surface area contributed by atoms with E-state index in [0.29, 0.717) is 23.0 Å². The summed E-state index contributed by atoms with van der Waals surface area (Å²) in [5.41, 5.74) is 3.13. The van der Waals surface area contributed by atoms with E-state index in [1.54, 1.807) is 32.4 Å². The van der Waals surface area contributed by atoms with Crippen molar-refractivity contribution in [2.75, 3.05) is 31.5 Å². The highest BCUT2D eigenvalue weighted by Crippen LogP contribution is 2.38. The molecular weight excluding hydrogens is 511 g/mol. The molecule has 0 spiro atoms. The molecule has 0 aliphatic carbocycles. The van der Waals surface area contributed by atoms with Crippen molar-refractivity contribution in [2.24, 2.45) is 0 Å². The molecular formula is C31H33FN4O4. The summed E-state index contributed by atoms with van der Waals surface area (Å²) >= 11 is 0. The van der Waals surface area contributed by atoms with Crippen LogP contribution >= 0.6 is 0 Å². The summed E-state index contributed by atoms with van der Waals surface area (Å²) in [7, 11) is 5.05. The Hall–Kier alpha value is -4.66. The number of aromatic nitrogens is 2. The molecule has 4 aromatic rings. The third-order valence-corrected chi connectivity index (χ3v) is 6.75. The lowest BCUT2D eigenvalue weighted by Crippen LogP contribution is -2.33. The number of anilines is 2. The zero-order valence-corrected chi connectivity index (χ0v) is 23.2. The number of benzene rings is 3. The first-order valence-corrected chi connectivity index (χ1v) is 12.9. The molecule has 0 fully saturated rings. The van der Waals surface area contributed by atoms with Gasteiger partial charge in [0.05, 0.1) is 19.8 Å². The van der Waals surface area contributed by atoms with Gasteiger partial charge in [-0.1, -0.05) is 48.5 Å². The second-order valence-corrected chi connectivity index (χ2v) is 9.59. The normalized spacial score (nSPS) is 11.7. The van der Waals surface area contributed by atoms with Crippen molar-refractivity contribution in [3.05, 3.63) is 84.3 Å². The summed E-state index contributed by atoms with van der Waals surface area (Å²) in [5, 5.41) is 13.2. The lowest BCUT2D eigenvalue weighted by atomic mass is 9.99. The Morgan fingerprint density at radius 2 is 1.62 bits per heavy atom. The Bertz CT molecular complexity index is 1450. The molecule has 0 radical (unpaired) electrons. The maximum absolute atomic E-state index is 14.7. The zero-order chi connectivity index (χ0) is 28.8. The number of carboxylic acids is 1. The summed E-state index contributed by atoms with van der Waals surface area (Å²) in [6.45, 7) is 3.98. The van der Waals surface area contributed by atoms with Crippen LogP contribution in [0.1, 0.15) is 19.4 Å². The summed E-state index contributed by atoms with van der Waals surface area (Å²) < 4.78 is 25.8. The summed E-state index contributed by atoms with van der Waals surface area (Å²) in [6, 6.07) is 18.4. The zero-order valence-electron chi connectivity index (χ0n) is 23.2. The summed E-state index contributed by atoms with van der Waals surface area (Å²) in [4.78, 5) is 23.3. The first-order chi connectivity index (χ1) is 19.2. The summed E-state index contributed by atoms with van der Waals surface area (Å²) in [6.07, 6.45) is 1.69. The number of aliphatic carboxylic acids is 1. The van der Waals surface area contributed by atoms with Gasteiger partial charge in [-0.05, 0) is 43.2 Å².